The fourth-order valence-electron chi connectivity index (χ4n) is 2.98. The minimum Gasteiger partial charge on any atom is -0.508 e. The monoisotopic (exact) mass is 290 g/mol. The average molecular weight is 290 g/mol. The third-order valence-electron chi connectivity index (χ3n) is 4.42. The summed E-state index contributed by atoms with van der Waals surface area (Å²) in [6.45, 7) is 2.21. The predicted octanol–water partition coefficient (Wildman–Crippen LogP) is 2.35. The van der Waals surface area contributed by atoms with Crippen LogP contribution in [-0.2, 0) is 11.2 Å². The van der Waals surface area contributed by atoms with Gasteiger partial charge in [0.25, 0.3) is 0 Å². The molecule has 0 aromatic heterocycles. The van der Waals surface area contributed by atoms with Gasteiger partial charge in [0.1, 0.15) is 5.75 Å². The van der Waals surface area contributed by atoms with Gasteiger partial charge in [-0.05, 0) is 42.9 Å². The van der Waals surface area contributed by atoms with Gasteiger partial charge in [-0.2, -0.15) is 0 Å². The molecule has 0 spiro atoms. The van der Waals surface area contributed by atoms with Crippen LogP contribution < -0.4 is 11.1 Å². The van der Waals surface area contributed by atoms with Gasteiger partial charge in [0.2, 0.25) is 5.91 Å². The van der Waals surface area contributed by atoms with Gasteiger partial charge >= 0.3 is 0 Å². The van der Waals surface area contributed by atoms with E-state index in [1.54, 1.807) is 24.3 Å². The van der Waals surface area contributed by atoms with Gasteiger partial charge in [-0.1, -0.05) is 38.3 Å². The summed E-state index contributed by atoms with van der Waals surface area (Å²) in [5.41, 5.74) is 6.98. The molecule has 4 heteroatoms. The molecule has 1 aliphatic carbocycles. The summed E-state index contributed by atoms with van der Waals surface area (Å²) in [6, 6.07) is 6.56. The number of phenolic OH excluding ortho intramolecular Hbond substituents is 1. The third-order valence-corrected chi connectivity index (χ3v) is 4.42. The molecule has 1 fully saturated rings. The van der Waals surface area contributed by atoms with Gasteiger partial charge in [-0.3, -0.25) is 4.79 Å². The number of benzene rings is 1. The van der Waals surface area contributed by atoms with Crippen molar-refractivity contribution < 1.29 is 9.90 Å². The molecule has 1 aliphatic rings. The first-order chi connectivity index (χ1) is 10.1. The van der Waals surface area contributed by atoms with Crippen LogP contribution in [0.2, 0.25) is 0 Å². The standard InChI is InChI=1S/C17H26N2O2/c1-12-5-3-2-4-6-16(12)19-17(21)15(18)11-13-7-9-14(20)10-8-13/h7-10,12,15-16,20H,2-6,11,18H2,1H3,(H,19,21)/t12?,15-,16?/m1/s1. The van der Waals surface area contributed by atoms with E-state index in [1.807, 2.05) is 0 Å². The van der Waals surface area contributed by atoms with E-state index in [4.69, 9.17) is 5.73 Å². The first-order valence-corrected chi connectivity index (χ1v) is 7.90. The van der Waals surface area contributed by atoms with E-state index in [0.717, 1.165) is 12.0 Å². The van der Waals surface area contributed by atoms with Crippen molar-refractivity contribution in [1.29, 1.82) is 0 Å². The van der Waals surface area contributed by atoms with E-state index in [0.29, 0.717) is 12.3 Å². The predicted molar refractivity (Wildman–Crippen MR) is 84.0 cm³/mol. The number of amides is 1. The van der Waals surface area contributed by atoms with Gasteiger partial charge in [-0.15, -0.1) is 0 Å². The molecule has 4 N–H and O–H groups in total. The quantitative estimate of drug-likeness (QED) is 0.745. The number of carbonyl (C=O) groups excluding carboxylic acids is 1. The summed E-state index contributed by atoms with van der Waals surface area (Å²) in [7, 11) is 0. The van der Waals surface area contributed by atoms with E-state index >= 15 is 0 Å². The molecular formula is C17H26N2O2. The molecule has 2 unspecified atom stereocenters. The van der Waals surface area contributed by atoms with Gasteiger partial charge < -0.3 is 16.2 Å². The highest BCUT2D eigenvalue weighted by molar-refractivity contribution is 5.82. The smallest absolute Gasteiger partial charge is 0.237 e. The molecule has 0 radical (unpaired) electrons. The highest BCUT2D eigenvalue weighted by atomic mass is 16.3. The lowest BCUT2D eigenvalue weighted by Gasteiger charge is -2.24. The Morgan fingerprint density at radius 2 is 1.95 bits per heavy atom. The molecule has 3 atom stereocenters. The number of hydrogen-bond donors (Lipinski definition) is 3. The van der Waals surface area contributed by atoms with Crippen molar-refractivity contribution >= 4 is 5.91 Å². The number of phenols is 1. The number of hydrogen-bond acceptors (Lipinski definition) is 3. The number of aromatic hydroxyl groups is 1. The lowest BCUT2D eigenvalue weighted by atomic mass is 9.96. The molecule has 1 saturated carbocycles. The van der Waals surface area contributed by atoms with E-state index in [1.165, 1.54) is 25.7 Å². The molecule has 1 aromatic carbocycles. The molecule has 0 heterocycles. The van der Waals surface area contributed by atoms with Gasteiger partial charge in [0.15, 0.2) is 0 Å². The first kappa shape index (κ1) is 15.8. The highest BCUT2D eigenvalue weighted by Crippen LogP contribution is 2.23. The summed E-state index contributed by atoms with van der Waals surface area (Å²) in [4.78, 5) is 12.3. The Morgan fingerprint density at radius 3 is 2.67 bits per heavy atom. The van der Waals surface area contributed by atoms with Crippen molar-refractivity contribution in [1.82, 2.24) is 5.32 Å². The summed E-state index contributed by atoms with van der Waals surface area (Å²) in [5, 5.41) is 12.4. The zero-order chi connectivity index (χ0) is 15.2. The van der Waals surface area contributed by atoms with Crippen LogP contribution in [0.1, 0.15) is 44.6 Å². The topological polar surface area (TPSA) is 75.4 Å². The van der Waals surface area contributed by atoms with Crippen LogP contribution in [0.3, 0.4) is 0 Å². The minimum atomic E-state index is -0.537. The van der Waals surface area contributed by atoms with Gasteiger partial charge in [-0.25, -0.2) is 0 Å². The lowest BCUT2D eigenvalue weighted by Crippen LogP contribution is -2.48. The SMILES string of the molecule is CC1CCCCCC1NC(=O)[C@H](N)Cc1ccc(O)cc1. The fraction of sp³-hybridized carbons (Fsp3) is 0.588. The maximum atomic E-state index is 12.3. The molecule has 1 amide bonds. The zero-order valence-electron chi connectivity index (χ0n) is 12.7. The molecule has 4 nitrogen and oxygen atoms in total. The van der Waals surface area contributed by atoms with Crippen molar-refractivity contribution in [2.45, 2.75) is 57.5 Å². The number of rotatable bonds is 4. The van der Waals surface area contributed by atoms with Crippen molar-refractivity contribution in [3.05, 3.63) is 29.8 Å². The molecule has 116 valence electrons. The van der Waals surface area contributed by atoms with Crippen LogP contribution in [0.4, 0.5) is 0 Å². The second-order valence-electron chi connectivity index (χ2n) is 6.21. The number of nitrogens with one attached hydrogen (secondary N) is 1. The normalized spacial score (nSPS) is 24.1. The van der Waals surface area contributed by atoms with Crippen LogP contribution in [0.25, 0.3) is 0 Å². The molecule has 0 aliphatic heterocycles. The van der Waals surface area contributed by atoms with Gasteiger partial charge in [0.05, 0.1) is 6.04 Å². The second kappa shape index (κ2) is 7.46. The Bertz CT molecular complexity index is 458. The van der Waals surface area contributed by atoms with Crippen LogP contribution in [0, 0.1) is 5.92 Å². The van der Waals surface area contributed by atoms with Crippen LogP contribution in [-0.4, -0.2) is 23.1 Å². The second-order valence-corrected chi connectivity index (χ2v) is 6.21. The molecule has 0 saturated heterocycles. The molecule has 1 aromatic rings. The van der Waals surface area contributed by atoms with Crippen LogP contribution >= 0.6 is 0 Å². The first-order valence-electron chi connectivity index (χ1n) is 7.90. The Kier molecular flexibility index (Phi) is 5.62. The third kappa shape index (κ3) is 4.74. The Hall–Kier alpha value is -1.55. The van der Waals surface area contributed by atoms with E-state index in [-0.39, 0.29) is 17.7 Å². The Morgan fingerprint density at radius 1 is 1.29 bits per heavy atom. The molecule has 0 bridgehead atoms. The maximum absolute atomic E-state index is 12.3. The van der Waals surface area contributed by atoms with Crippen molar-refractivity contribution in [3.8, 4) is 5.75 Å². The lowest BCUT2D eigenvalue weighted by molar-refractivity contribution is -0.123. The number of nitrogens with two attached hydrogens (primary N) is 1. The Labute approximate surface area is 126 Å². The fourth-order valence-corrected chi connectivity index (χ4v) is 2.98. The van der Waals surface area contributed by atoms with Crippen molar-refractivity contribution in [3.63, 3.8) is 0 Å². The summed E-state index contributed by atoms with van der Waals surface area (Å²) in [5.74, 6) is 0.684. The van der Waals surface area contributed by atoms with Crippen LogP contribution in [0.5, 0.6) is 5.75 Å². The zero-order valence-corrected chi connectivity index (χ0v) is 12.7. The van der Waals surface area contributed by atoms with E-state index in [9.17, 15) is 9.90 Å². The summed E-state index contributed by atoms with van der Waals surface area (Å²) >= 11 is 0. The highest BCUT2D eigenvalue weighted by Gasteiger charge is 2.24. The molecule has 2 rings (SSSR count). The maximum Gasteiger partial charge on any atom is 0.237 e. The minimum absolute atomic E-state index is 0.0678. The molecular weight excluding hydrogens is 264 g/mol. The summed E-state index contributed by atoms with van der Waals surface area (Å²) < 4.78 is 0. The Balaban J connectivity index is 1.88. The molecule has 21 heavy (non-hydrogen) atoms. The largest absolute Gasteiger partial charge is 0.508 e. The van der Waals surface area contributed by atoms with Gasteiger partial charge in [0, 0.05) is 6.04 Å². The van der Waals surface area contributed by atoms with Crippen LogP contribution in [0.15, 0.2) is 24.3 Å². The van der Waals surface area contributed by atoms with E-state index < -0.39 is 6.04 Å². The van der Waals surface area contributed by atoms with E-state index in [2.05, 4.69) is 12.2 Å². The number of carbonyl (C=O) groups is 1. The van der Waals surface area contributed by atoms with Crippen molar-refractivity contribution in [2.24, 2.45) is 11.7 Å². The average Bonchev–Trinajstić information content (AvgIpc) is 2.66. The summed E-state index contributed by atoms with van der Waals surface area (Å²) in [6.07, 6.45) is 6.43. The van der Waals surface area contributed by atoms with Crippen molar-refractivity contribution in [2.75, 3.05) is 0 Å².